The fourth-order valence-corrected chi connectivity index (χ4v) is 2.83. The van der Waals surface area contributed by atoms with Crippen LogP contribution in [0.5, 0.6) is 0 Å². The average Bonchev–Trinajstić information content (AvgIpc) is 2.38. The second kappa shape index (κ2) is 6.40. The van der Waals surface area contributed by atoms with Gasteiger partial charge in [0.25, 0.3) is 0 Å². The number of benzene rings is 2. The van der Waals surface area contributed by atoms with Gasteiger partial charge in [-0.2, -0.15) is 0 Å². The molecule has 1 N–H and O–H groups in total. The van der Waals surface area contributed by atoms with Crippen LogP contribution in [0.1, 0.15) is 18.4 Å². The van der Waals surface area contributed by atoms with Crippen molar-refractivity contribution in [1.82, 2.24) is 0 Å². The molecule has 1 nitrogen and oxygen atoms in total. The maximum Gasteiger partial charge on any atom is 0.125 e. The minimum absolute atomic E-state index is 0.342. The van der Waals surface area contributed by atoms with Crippen molar-refractivity contribution in [2.45, 2.75) is 12.8 Å². The lowest BCUT2D eigenvalue weighted by molar-refractivity contribution is 0.627. The summed E-state index contributed by atoms with van der Waals surface area (Å²) in [6.45, 7) is 2.86. The Bertz CT molecular complexity index is 536. The lowest BCUT2D eigenvalue weighted by Gasteiger charge is -2.16. The number of hydrogen-bond acceptors (Lipinski definition) is 1. The first-order valence-corrected chi connectivity index (χ1v) is 7.18. The Balaban J connectivity index is 2.07. The molecule has 0 aliphatic carbocycles. The molecule has 100 valence electrons. The summed E-state index contributed by atoms with van der Waals surface area (Å²) in [5, 5.41) is 3.64. The molecule has 4 heteroatoms. The van der Waals surface area contributed by atoms with Crippen molar-refractivity contribution in [3.63, 3.8) is 0 Å². The van der Waals surface area contributed by atoms with E-state index >= 15 is 0 Å². The van der Waals surface area contributed by atoms with E-state index in [1.54, 1.807) is 0 Å². The molecule has 0 spiro atoms. The van der Waals surface area contributed by atoms with Gasteiger partial charge in [-0.25, -0.2) is 4.39 Å². The zero-order valence-corrected chi connectivity index (χ0v) is 12.8. The van der Waals surface area contributed by atoms with E-state index in [4.69, 9.17) is 11.6 Å². The summed E-state index contributed by atoms with van der Waals surface area (Å²) in [7, 11) is 0. The van der Waals surface area contributed by atoms with Crippen molar-refractivity contribution in [1.29, 1.82) is 0 Å². The molecular formula is C15H14BrClFN. The smallest absolute Gasteiger partial charge is 0.125 e. The van der Waals surface area contributed by atoms with Crippen LogP contribution in [0.2, 0.25) is 5.02 Å². The van der Waals surface area contributed by atoms with E-state index in [0.29, 0.717) is 15.4 Å². The third-order valence-corrected chi connectivity index (χ3v) is 3.88. The predicted octanol–water partition coefficient (Wildman–Crippen LogP) is 5.46. The van der Waals surface area contributed by atoms with Gasteiger partial charge in [0.05, 0.1) is 10.7 Å². The number of nitrogens with one attached hydrogen (secondary N) is 1. The quantitative estimate of drug-likeness (QED) is 0.778. The average molecular weight is 343 g/mol. The first kappa shape index (κ1) is 14.4. The van der Waals surface area contributed by atoms with E-state index in [9.17, 15) is 4.39 Å². The Kier molecular flexibility index (Phi) is 4.83. The third kappa shape index (κ3) is 3.71. The molecule has 2 aromatic rings. The largest absolute Gasteiger partial charge is 0.382 e. The van der Waals surface area contributed by atoms with Gasteiger partial charge in [0.2, 0.25) is 0 Å². The fourth-order valence-electron chi connectivity index (χ4n) is 1.87. The van der Waals surface area contributed by atoms with Crippen LogP contribution >= 0.6 is 27.5 Å². The highest BCUT2D eigenvalue weighted by molar-refractivity contribution is 9.10. The Morgan fingerprint density at radius 1 is 1.26 bits per heavy atom. The zero-order chi connectivity index (χ0) is 13.8. The summed E-state index contributed by atoms with van der Waals surface area (Å²) in [6.07, 6.45) is 0. The van der Waals surface area contributed by atoms with Gasteiger partial charge in [0.1, 0.15) is 5.82 Å². The van der Waals surface area contributed by atoms with Crippen molar-refractivity contribution >= 4 is 33.2 Å². The van der Waals surface area contributed by atoms with Crippen LogP contribution in [-0.4, -0.2) is 6.54 Å². The summed E-state index contributed by atoms with van der Waals surface area (Å²) < 4.78 is 13.8. The van der Waals surface area contributed by atoms with E-state index in [1.165, 1.54) is 17.7 Å². The van der Waals surface area contributed by atoms with Gasteiger partial charge in [0, 0.05) is 11.0 Å². The van der Waals surface area contributed by atoms with Gasteiger partial charge < -0.3 is 5.32 Å². The molecule has 0 amide bonds. The van der Waals surface area contributed by atoms with Gasteiger partial charge in [-0.15, -0.1) is 0 Å². The molecule has 0 aromatic heterocycles. The van der Waals surface area contributed by atoms with Crippen LogP contribution in [0.15, 0.2) is 46.9 Å². The summed E-state index contributed by atoms with van der Waals surface area (Å²) in [5.41, 5.74) is 1.98. The molecule has 2 aromatic carbocycles. The molecule has 1 unspecified atom stereocenters. The standard InChI is InChI=1S/C15H14BrClFN/c1-10(11-5-3-2-4-6-11)9-19-15-13(16)7-12(18)8-14(15)17/h2-8,10,19H,9H2,1H3. The molecule has 0 saturated carbocycles. The second-order valence-electron chi connectivity index (χ2n) is 4.44. The van der Waals surface area contributed by atoms with Crippen LogP contribution in [0.4, 0.5) is 10.1 Å². The van der Waals surface area contributed by atoms with Crippen LogP contribution in [0.25, 0.3) is 0 Å². The van der Waals surface area contributed by atoms with Gasteiger partial charge in [-0.1, -0.05) is 48.9 Å². The summed E-state index contributed by atoms with van der Waals surface area (Å²) in [5.74, 6) is -0.00671. The molecule has 2 rings (SSSR count). The van der Waals surface area contributed by atoms with E-state index < -0.39 is 0 Å². The Morgan fingerprint density at radius 3 is 2.58 bits per heavy atom. The number of anilines is 1. The molecule has 0 fully saturated rings. The van der Waals surface area contributed by atoms with Crippen molar-refractivity contribution < 1.29 is 4.39 Å². The number of halogens is 3. The third-order valence-electron chi connectivity index (χ3n) is 2.96. The molecule has 0 heterocycles. The van der Waals surface area contributed by atoms with E-state index in [1.807, 2.05) is 18.2 Å². The molecule has 1 atom stereocenters. The number of rotatable bonds is 4. The first-order valence-electron chi connectivity index (χ1n) is 6.01. The van der Waals surface area contributed by atoms with E-state index in [-0.39, 0.29) is 5.82 Å². The maximum absolute atomic E-state index is 13.1. The highest BCUT2D eigenvalue weighted by atomic mass is 79.9. The lowest BCUT2D eigenvalue weighted by atomic mass is 10.0. The summed E-state index contributed by atoms with van der Waals surface area (Å²) >= 11 is 9.35. The van der Waals surface area contributed by atoms with Crippen LogP contribution in [0.3, 0.4) is 0 Å². The van der Waals surface area contributed by atoms with Crippen LogP contribution in [-0.2, 0) is 0 Å². The minimum atomic E-state index is -0.349. The molecule has 0 bridgehead atoms. The molecule has 0 aliphatic rings. The van der Waals surface area contributed by atoms with Gasteiger partial charge in [-0.3, -0.25) is 0 Å². The molecule has 0 radical (unpaired) electrons. The highest BCUT2D eigenvalue weighted by Crippen LogP contribution is 2.32. The molecule has 0 aliphatic heterocycles. The summed E-state index contributed by atoms with van der Waals surface area (Å²) in [4.78, 5) is 0. The van der Waals surface area contributed by atoms with Crippen LogP contribution in [0, 0.1) is 5.82 Å². The SMILES string of the molecule is CC(CNc1c(Cl)cc(F)cc1Br)c1ccccc1. The predicted molar refractivity (Wildman–Crippen MR) is 82.5 cm³/mol. The van der Waals surface area contributed by atoms with Gasteiger partial charge in [0.15, 0.2) is 0 Å². The summed E-state index contributed by atoms with van der Waals surface area (Å²) in [6, 6.07) is 12.9. The minimum Gasteiger partial charge on any atom is -0.382 e. The first-order chi connectivity index (χ1) is 9.08. The van der Waals surface area contributed by atoms with E-state index in [2.05, 4.69) is 40.3 Å². The fraction of sp³-hybridized carbons (Fsp3) is 0.200. The Labute approximate surface area is 125 Å². The van der Waals surface area contributed by atoms with Gasteiger partial charge in [-0.05, 0) is 39.5 Å². The molecule has 19 heavy (non-hydrogen) atoms. The normalized spacial score (nSPS) is 12.2. The van der Waals surface area contributed by atoms with Crippen molar-refractivity contribution in [2.24, 2.45) is 0 Å². The Morgan fingerprint density at radius 2 is 1.95 bits per heavy atom. The van der Waals surface area contributed by atoms with Gasteiger partial charge >= 0.3 is 0 Å². The van der Waals surface area contributed by atoms with Crippen molar-refractivity contribution in [3.05, 3.63) is 63.3 Å². The molecular weight excluding hydrogens is 329 g/mol. The number of hydrogen-bond donors (Lipinski definition) is 1. The zero-order valence-electron chi connectivity index (χ0n) is 10.5. The lowest BCUT2D eigenvalue weighted by Crippen LogP contribution is -2.10. The maximum atomic E-state index is 13.1. The highest BCUT2D eigenvalue weighted by Gasteiger charge is 2.10. The van der Waals surface area contributed by atoms with Crippen LogP contribution < -0.4 is 5.32 Å². The van der Waals surface area contributed by atoms with E-state index in [0.717, 1.165) is 12.2 Å². The molecule has 0 saturated heterocycles. The monoisotopic (exact) mass is 341 g/mol. The topological polar surface area (TPSA) is 12.0 Å². The van der Waals surface area contributed by atoms with Crippen molar-refractivity contribution in [2.75, 3.05) is 11.9 Å². The van der Waals surface area contributed by atoms with Crippen molar-refractivity contribution in [3.8, 4) is 0 Å². The second-order valence-corrected chi connectivity index (χ2v) is 5.70. The Hall–Kier alpha value is -1.06.